The molecule has 0 N–H and O–H groups in total. The van der Waals surface area contributed by atoms with Crippen LogP contribution in [-0.4, -0.2) is 12.1 Å². The third kappa shape index (κ3) is 5.04. The Morgan fingerprint density at radius 2 is 1.67 bits per heavy atom. The second kappa shape index (κ2) is 10.2. The maximum Gasteiger partial charge on any atom is 0.121 e. The van der Waals surface area contributed by atoms with E-state index in [1.54, 1.807) is 7.11 Å². The maximum absolute atomic E-state index is 5.26. The Kier molecular flexibility index (Phi) is 9.44. The number of methoxy groups -OCH3 is 1. The highest BCUT2D eigenvalue weighted by atomic mass is 16.5. The lowest BCUT2D eigenvalue weighted by Crippen LogP contribution is -1.97. The predicted molar refractivity (Wildman–Crippen MR) is 94.5 cm³/mol. The Balaban J connectivity index is 0.000000921. The first-order chi connectivity index (χ1) is 10.2. The molecule has 0 bridgehead atoms. The van der Waals surface area contributed by atoms with Crippen LogP contribution >= 0.6 is 0 Å². The summed E-state index contributed by atoms with van der Waals surface area (Å²) < 4.78 is 5.26. The van der Waals surface area contributed by atoms with Gasteiger partial charge in [0, 0.05) is 17.1 Å². The number of benzene rings is 1. The smallest absolute Gasteiger partial charge is 0.121 e. The number of pyridine rings is 1. The van der Waals surface area contributed by atoms with Gasteiger partial charge in [-0.1, -0.05) is 48.5 Å². The van der Waals surface area contributed by atoms with Crippen LogP contribution in [0.2, 0.25) is 0 Å². The summed E-state index contributed by atoms with van der Waals surface area (Å²) in [6.45, 7) is 14.5. The summed E-state index contributed by atoms with van der Waals surface area (Å²) in [5.41, 5.74) is 3.55. The van der Waals surface area contributed by atoms with E-state index in [9.17, 15) is 0 Å². The zero-order chi connectivity index (χ0) is 16.4. The van der Waals surface area contributed by atoms with E-state index in [1.165, 1.54) is 10.9 Å². The molecule has 0 atom stereocenters. The average Bonchev–Trinajstić information content (AvgIpc) is 2.56. The van der Waals surface area contributed by atoms with Crippen LogP contribution in [0, 0.1) is 0 Å². The number of rotatable bonds is 3. The molecule has 2 rings (SSSR count). The molecule has 1 aromatic heterocycles. The van der Waals surface area contributed by atoms with Crippen molar-refractivity contribution in [2.75, 3.05) is 7.11 Å². The quantitative estimate of drug-likeness (QED) is 0.693. The molecule has 2 heteroatoms. The summed E-state index contributed by atoms with van der Waals surface area (Å²) in [4.78, 5) is 4.71. The van der Waals surface area contributed by atoms with E-state index in [1.807, 2.05) is 39.8 Å². The number of fused-ring (bicyclic) bond motifs is 1. The van der Waals surface area contributed by atoms with E-state index in [2.05, 4.69) is 32.9 Å². The van der Waals surface area contributed by atoms with Gasteiger partial charge in [-0.05, 0) is 36.1 Å². The summed E-state index contributed by atoms with van der Waals surface area (Å²) >= 11 is 0. The Bertz CT molecular complexity index is 532. The average molecular weight is 289 g/mol. The molecule has 0 aliphatic heterocycles. The summed E-state index contributed by atoms with van der Waals surface area (Å²) in [5, 5.41) is 1.23. The molecule has 0 fully saturated rings. The van der Waals surface area contributed by atoms with Crippen molar-refractivity contribution >= 4 is 10.9 Å². The second-order valence-electron chi connectivity index (χ2n) is 4.60. The van der Waals surface area contributed by atoms with Gasteiger partial charge in [0.2, 0.25) is 0 Å². The zero-order valence-electron chi connectivity index (χ0n) is 14.9. The Morgan fingerprint density at radius 1 is 1.05 bits per heavy atom. The summed E-state index contributed by atoms with van der Waals surface area (Å²) in [6.07, 6.45) is 1.03. The predicted octanol–water partition coefficient (Wildman–Crippen LogP) is 5.98. The van der Waals surface area contributed by atoms with Crippen molar-refractivity contribution in [1.82, 2.24) is 4.98 Å². The van der Waals surface area contributed by atoms with Crippen molar-refractivity contribution in [3.63, 3.8) is 0 Å². The maximum atomic E-state index is 5.26. The van der Waals surface area contributed by atoms with E-state index >= 15 is 0 Å². The molecule has 0 saturated carbocycles. The van der Waals surface area contributed by atoms with Crippen LogP contribution in [0.3, 0.4) is 0 Å². The van der Waals surface area contributed by atoms with Crippen LogP contribution in [0.15, 0.2) is 24.3 Å². The molecular weight excluding hydrogens is 258 g/mol. The van der Waals surface area contributed by atoms with E-state index in [-0.39, 0.29) is 0 Å². The largest absolute Gasteiger partial charge is 0.497 e. The topological polar surface area (TPSA) is 22.1 Å². The van der Waals surface area contributed by atoms with Crippen molar-refractivity contribution in [3.8, 4) is 5.75 Å². The van der Waals surface area contributed by atoms with Gasteiger partial charge < -0.3 is 4.74 Å². The number of hydrogen-bond acceptors (Lipinski definition) is 2. The molecule has 0 unspecified atom stereocenters. The normalized spacial score (nSPS) is 9.57. The van der Waals surface area contributed by atoms with Crippen LogP contribution in [0.4, 0.5) is 0 Å². The molecule has 0 amide bonds. The molecule has 2 nitrogen and oxygen atoms in total. The highest BCUT2D eigenvalue weighted by Crippen LogP contribution is 2.26. The number of aryl methyl sites for hydroxylation is 1. The molecule has 21 heavy (non-hydrogen) atoms. The summed E-state index contributed by atoms with van der Waals surface area (Å²) in [6, 6.07) is 8.34. The van der Waals surface area contributed by atoms with Crippen molar-refractivity contribution in [1.29, 1.82) is 0 Å². The lowest BCUT2D eigenvalue weighted by atomic mass is 10.0. The molecule has 0 saturated heterocycles. The van der Waals surface area contributed by atoms with E-state index < -0.39 is 0 Å². The van der Waals surface area contributed by atoms with Crippen molar-refractivity contribution in [2.45, 2.75) is 60.8 Å². The van der Waals surface area contributed by atoms with Gasteiger partial charge >= 0.3 is 0 Å². The van der Waals surface area contributed by atoms with Gasteiger partial charge in [0.25, 0.3) is 0 Å². The van der Waals surface area contributed by atoms with Gasteiger partial charge in [0.1, 0.15) is 5.75 Å². The van der Waals surface area contributed by atoms with E-state index in [0.29, 0.717) is 5.92 Å². The summed E-state index contributed by atoms with van der Waals surface area (Å²) in [5.74, 6) is 1.32. The van der Waals surface area contributed by atoms with Crippen molar-refractivity contribution < 1.29 is 4.74 Å². The zero-order valence-corrected chi connectivity index (χ0v) is 14.9. The van der Waals surface area contributed by atoms with Crippen LogP contribution in [0.1, 0.15) is 65.6 Å². The minimum absolute atomic E-state index is 0.455. The first-order valence-electron chi connectivity index (χ1n) is 8.13. The molecule has 1 heterocycles. The first-order valence-corrected chi connectivity index (χ1v) is 8.13. The summed E-state index contributed by atoms with van der Waals surface area (Å²) in [7, 11) is 1.69. The monoisotopic (exact) mass is 289 g/mol. The Hall–Kier alpha value is -1.57. The molecule has 0 aliphatic rings. The Morgan fingerprint density at radius 3 is 2.14 bits per heavy atom. The number of nitrogens with zero attached hydrogens (tertiary/aromatic N) is 1. The van der Waals surface area contributed by atoms with E-state index in [4.69, 9.17) is 9.72 Å². The number of aromatic nitrogens is 1. The van der Waals surface area contributed by atoms with Crippen molar-refractivity contribution in [3.05, 3.63) is 35.5 Å². The van der Waals surface area contributed by atoms with E-state index in [0.717, 1.165) is 23.4 Å². The first kappa shape index (κ1) is 19.4. The second-order valence-corrected chi connectivity index (χ2v) is 4.60. The minimum atomic E-state index is 0.455. The van der Waals surface area contributed by atoms with Crippen molar-refractivity contribution in [2.24, 2.45) is 0 Å². The molecule has 2 aromatic rings. The van der Waals surface area contributed by atoms with Gasteiger partial charge in [-0.3, -0.25) is 4.98 Å². The number of hydrogen-bond donors (Lipinski definition) is 0. The van der Waals surface area contributed by atoms with Gasteiger partial charge in [0.05, 0.1) is 12.6 Å². The van der Waals surface area contributed by atoms with Gasteiger partial charge in [-0.25, -0.2) is 0 Å². The fraction of sp³-hybridized carbons (Fsp3) is 0.526. The fourth-order valence-corrected chi connectivity index (χ4v) is 2.02. The molecule has 0 aliphatic carbocycles. The molecule has 0 radical (unpaired) electrons. The molecule has 0 spiro atoms. The third-order valence-corrected chi connectivity index (χ3v) is 3.09. The third-order valence-electron chi connectivity index (χ3n) is 3.09. The van der Waals surface area contributed by atoms with Gasteiger partial charge in [0.15, 0.2) is 0 Å². The van der Waals surface area contributed by atoms with Gasteiger partial charge in [-0.15, -0.1) is 0 Å². The van der Waals surface area contributed by atoms with Crippen LogP contribution in [-0.2, 0) is 6.42 Å². The standard InChI is InChI=1S/C15H19NO.2C2H6/c1-5-11-8-14(10(2)3)16-15-9-12(17-4)6-7-13(11)15;2*1-2/h6-10H,5H2,1-4H3;2*1-2H3. The van der Waals surface area contributed by atoms with Gasteiger partial charge in [-0.2, -0.15) is 0 Å². The fourth-order valence-electron chi connectivity index (χ4n) is 2.02. The molecular formula is C19H31NO. The van der Waals surface area contributed by atoms with Crippen LogP contribution in [0.25, 0.3) is 10.9 Å². The molecule has 118 valence electrons. The van der Waals surface area contributed by atoms with Crippen LogP contribution < -0.4 is 4.74 Å². The minimum Gasteiger partial charge on any atom is -0.497 e. The number of ether oxygens (including phenoxy) is 1. The molecule has 1 aromatic carbocycles. The highest BCUT2D eigenvalue weighted by Gasteiger charge is 2.08. The lowest BCUT2D eigenvalue weighted by Gasteiger charge is -2.11. The highest BCUT2D eigenvalue weighted by molar-refractivity contribution is 5.83. The van der Waals surface area contributed by atoms with Crippen LogP contribution in [0.5, 0.6) is 5.75 Å². The lowest BCUT2D eigenvalue weighted by molar-refractivity contribution is 0.415. The Labute approximate surface area is 130 Å². The SMILES string of the molecule is CC.CC.CCc1cc(C(C)C)nc2cc(OC)ccc12.